The van der Waals surface area contributed by atoms with Crippen molar-refractivity contribution < 1.29 is 23.6 Å². The van der Waals surface area contributed by atoms with Crippen LogP contribution >= 0.6 is 7.82 Å². The number of likely N-dealkylation sites (N-methyl/N-ethyl adjacent to an activating group) is 1. The minimum atomic E-state index is -4.60. The lowest BCUT2D eigenvalue weighted by Crippen LogP contribution is -2.15. The third kappa shape index (κ3) is 6.55. The van der Waals surface area contributed by atoms with E-state index >= 15 is 0 Å². The summed E-state index contributed by atoms with van der Waals surface area (Å²) < 4.78 is 21.6. The molecule has 3 aromatic carbocycles. The predicted octanol–water partition coefficient (Wildman–Crippen LogP) is 5.13. The Labute approximate surface area is 188 Å². The normalized spacial score (nSPS) is 12.2. The first-order valence-corrected chi connectivity index (χ1v) is 12.0. The first-order valence-electron chi connectivity index (χ1n) is 10.4. The Morgan fingerprint density at radius 2 is 1.41 bits per heavy atom. The van der Waals surface area contributed by atoms with Gasteiger partial charge in [0.2, 0.25) is 0 Å². The first-order chi connectivity index (χ1) is 15.4. The molecule has 0 atom stereocenters. The molecule has 0 bridgehead atoms. The highest BCUT2D eigenvalue weighted by Crippen LogP contribution is 2.39. The van der Waals surface area contributed by atoms with Crippen LogP contribution < -0.4 is 14.6 Å². The van der Waals surface area contributed by atoms with E-state index in [0.717, 1.165) is 46.6 Å². The van der Waals surface area contributed by atoms with Crippen LogP contribution in [-0.2, 0) is 4.57 Å². The standard InChI is InChI=1S/C25H28NO5P/c1-3-24(19-7-5-4-6-8-19)25(20-9-13-22(14-10-20)30-18-17-26-2)21-11-15-23(16-12-21)31-32(27,28)29/h4-16,26H,3,17-18H2,1-2H3,(H2,27,28,29). The average molecular weight is 453 g/mol. The summed E-state index contributed by atoms with van der Waals surface area (Å²) in [7, 11) is -2.72. The van der Waals surface area contributed by atoms with Crippen molar-refractivity contribution in [1.29, 1.82) is 0 Å². The molecule has 0 spiro atoms. The molecule has 32 heavy (non-hydrogen) atoms. The van der Waals surface area contributed by atoms with E-state index in [4.69, 9.17) is 19.0 Å². The molecule has 0 aliphatic rings. The van der Waals surface area contributed by atoms with Gasteiger partial charge in [-0.3, -0.25) is 9.79 Å². The van der Waals surface area contributed by atoms with Crippen molar-refractivity contribution in [3.8, 4) is 11.5 Å². The number of nitrogens with one attached hydrogen (secondary N) is 1. The lowest BCUT2D eigenvalue weighted by atomic mass is 9.88. The Kier molecular flexibility index (Phi) is 8.26. The van der Waals surface area contributed by atoms with Crippen molar-refractivity contribution >= 4 is 19.0 Å². The van der Waals surface area contributed by atoms with Gasteiger partial charge in [0.25, 0.3) is 0 Å². The highest BCUT2D eigenvalue weighted by Gasteiger charge is 2.17. The van der Waals surface area contributed by atoms with Gasteiger partial charge in [0.1, 0.15) is 18.1 Å². The van der Waals surface area contributed by atoms with Gasteiger partial charge in [0.15, 0.2) is 0 Å². The lowest BCUT2D eigenvalue weighted by Gasteiger charge is -2.17. The molecule has 3 N–H and O–H groups in total. The largest absolute Gasteiger partial charge is 0.524 e. The maximum absolute atomic E-state index is 11.2. The topological polar surface area (TPSA) is 88.0 Å². The van der Waals surface area contributed by atoms with Crippen molar-refractivity contribution in [1.82, 2.24) is 5.32 Å². The summed E-state index contributed by atoms with van der Waals surface area (Å²) in [5.74, 6) is 0.916. The molecular weight excluding hydrogens is 425 g/mol. The summed E-state index contributed by atoms with van der Waals surface area (Å²) in [5, 5.41) is 3.06. The van der Waals surface area contributed by atoms with E-state index < -0.39 is 7.82 Å². The first kappa shape index (κ1) is 23.8. The summed E-state index contributed by atoms with van der Waals surface area (Å²) in [5.41, 5.74) is 5.28. The van der Waals surface area contributed by atoms with E-state index in [1.165, 1.54) is 0 Å². The highest BCUT2D eigenvalue weighted by atomic mass is 31.2. The number of rotatable bonds is 10. The number of ether oxygens (including phenoxy) is 1. The molecule has 0 amide bonds. The highest BCUT2D eigenvalue weighted by molar-refractivity contribution is 7.46. The van der Waals surface area contributed by atoms with Crippen LogP contribution in [0, 0.1) is 0 Å². The molecule has 3 aromatic rings. The van der Waals surface area contributed by atoms with Crippen LogP contribution in [0.1, 0.15) is 30.0 Å². The van der Waals surface area contributed by atoms with Crippen LogP contribution in [-0.4, -0.2) is 30.0 Å². The molecule has 0 aliphatic carbocycles. The minimum Gasteiger partial charge on any atom is -0.492 e. The Morgan fingerprint density at radius 3 is 1.91 bits per heavy atom. The number of phosphoric acid groups is 1. The van der Waals surface area contributed by atoms with Crippen molar-refractivity contribution in [2.24, 2.45) is 0 Å². The van der Waals surface area contributed by atoms with Crippen LogP contribution in [0.3, 0.4) is 0 Å². The lowest BCUT2D eigenvalue weighted by molar-refractivity contribution is 0.283. The average Bonchev–Trinajstić information content (AvgIpc) is 2.78. The SMILES string of the molecule is CCC(=C(c1ccc(OCCNC)cc1)c1ccc(OP(=O)(O)O)cc1)c1ccccc1. The van der Waals surface area contributed by atoms with Crippen LogP contribution in [0.5, 0.6) is 11.5 Å². The Hall–Kier alpha value is -2.89. The van der Waals surface area contributed by atoms with Crippen molar-refractivity contribution in [3.63, 3.8) is 0 Å². The van der Waals surface area contributed by atoms with Gasteiger partial charge in [-0.2, -0.15) is 0 Å². The zero-order chi connectivity index (χ0) is 23.0. The molecule has 0 unspecified atom stereocenters. The van der Waals surface area contributed by atoms with Crippen LogP contribution in [0.2, 0.25) is 0 Å². The number of hydrogen-bond donors (Lipinski definition) is 3. The van der Waals surface area contributed by atoms with Crippen LogP contribution in [0.4, 0.5) is 0 Å². The Morgan fingerprint density at radius 1 is 0.844 bits per heavy atom. The zero-order valence-electron chi connectivity index (χ0n) is 18.2. The number of benzene rings is 3. The van der Waals surface area contributed by atoms with E-state index in [1.54, 1.807) is 12.1 Å². The summed E-state index contributed by atoms with van der Waals surface area (Å²) in [6.07, 6.45) is 0.806. The van der Waals surface area contributed by atoms with E-state index in [9.17, 15) is 4.57 Å². The fourth-order valence-electron chi connectivity index (χ4n) is 3.49. The summed E-state index contributed by atoms with van der Waals surface area (Å²) in [4.78, 5) is 18.1. The summed E-state index contributed by atoms with van der Waals surface area (Å²) in [6.45, 7) is 3.47. The van der Waals surface area contributed by atoms with Gasteiger partial charge in [0.05, 0.1) is 0 Å². The van der Waals surface area contributed by atoms with Gasteiger partial charge >= 0.3 is 7.82 Å². The molecule has 0 saturated carbocycles. The second-order valence-corrected chi connectivity index (χ2v) is 8.32. The molecule has 0 aliphatic heterocycles. The summed E-state index contributed by atoms with van der Waals surface area (Å²) >= 11 is 0. The molecule has 0 heterocycles. The van der Waals surface area contributed by atoms with E-state index in [-0.39, 0.29) is 5.75 Å². The van der Waals surface area contributed by atoms with E-state index in [0.29, 0.717) is 6.61 Å². The van der Waals surface area contributed by atoms with Crippen molar-refractivity contribution in [3.05, 3.63) is 95.6 Å². The maximum Gasteiger partial charge on any atom is 0.524 e. The molecule has 0 radical (unpaired) electrons. The third-order valence-corrected chi connectivity index (χ3v) is 5.36. The van der Waals surface area contributed by atoms with Gasteiger partial charge in [-0.15, -0.1) is 0 Å². The fraction of sp³-hybridized carbons (Fsp3) is 0.200. The predicted molar refractivity (Wildman–Crippen MR) is 128 cm³/mol. The van der Waals surface area contributed by atoms with E-state index in [2.05, 4.69) is 24.4 Å². The van der Waals surface area contributed by atoms with E-state index in [1.807, 2.05) is 61.6 Å². The van der Waals surface area contributed by atoms with Gasteiger partial charge in [-0.1, -0.05) is 61.5 Å². The zero-order valence-corrected chi connectivity index (χ0v) is 19.1. The minimum absolute atomic E-state index is 0.118. The monoisotopic (exact) mass is 453 g/mol. The van der Waals surface area contributed by atoms with Gasteiger partial charge in [0, 0.05) is 6.54 Å². The smallest absolute Gasteiger partial charge is 0.492 e. The van der Waals surface area contributed by atoms with Gasteiger partial charge < -0.3 is 14.6 Å². The summed E-state index contributed by atoms with van der Waals surface area (Å²) in [6, 6.07) is 24.9. The Balaban J connectivity index is 2.04. The van der Waals surface area contributed by atoms with Crippen molar-refractivity contribution in [2.45, 2.75) is 13.3 Å². The second-order valence-electron chi connectivity index (χ2n) is 7.16. The molecule has 0 fully saturated rings. The van der Waals surface area contributed by atoms with Gasteiger partial charge in [-0.05, 0) is 65.6 Å². The molecule has 3 rings (SSSR count). The fourth-order valence-corrected chi connectivity index (χ4v) is 3.88. The number of allylic oxidation sites excluding steroid dienone is 1. The molecule has 168 valence electrons. The molecule has 0 saturated heterocycles. The molecule has 0 aromatic heterocycles. The molecular formula is C25H28NO5P. The van der Waals surface area contributed by atoms with Crippen molar-refractivity contribution in [2.75, 3.05) is 20.2 Å². The molecule has 7 heteroatoms. The Bertz CT molecular complexity index is 1070. The number of phosphoric ester groups is 1. The quantitative estimate of drug-likeness (QED) is 0.224. The maximum atomic E-state index is 11.2. The van der Waals surface area contributed by atoms with Crippen LogP contribution in [0.25, 0.3) is 11.1 Å². The molecule has 6 nitrogen and oxygen atoms in total. The second kappa shape index (κ2) is 11.1. The third-order valence-electron chi connectivity index (χ3n) is 4.91. The van der Waals surface area contributed by atoms with Gasteiger partial charge in [-0.25, -0.2) is 4.57 Å². The number of hydrogen-bond acceptors (Lipinski definition) is 4. The van der Waals surface area contributed by atoms with Crippen LogP contribution in [0.15, 0.2) is 78.9 Å².